The predicted molar refractivity (Wildman–Crippen MR) is 79.9 cm³/mol. The zero-order valence-corrected chi connectivity index (χ0v) is 12.2. The molecule has 0 bridgehead atoms. The molecule has 1 aromatic heterocycles. The van der Waals surface area contributed by atoms with Crippen LogP contribution in [0.15, 0.2) is 42.6 Å². The Kier molecular flexibility index (Phi) is 3.66. The van der Waals surface area contributed by atoms with Crippen LogP contribution in [-0.4, -0.2) is 43.7 Å². The molecule has 0 aliphatic heterocycles. The van der Waals surface area contributed by atoms with Crippen LogP contribution in [0.2, 0.25) is 0 Å². The van der Waals surface area contributed by atoms with Gasteiger partial charge in [-0.05, 0) is 38.0 Å². The van der Waals surface area contributed by atoms with Crippen molar-refractivity contribution in [1.29, 1.82) is 0 Å². The van der Waals surface area contributed by atoms with Gasteiger partial charge in [0.05, 0.1) is 5.69 Å². The molecule has 1 aliphatic rings. The molecule has 114 valence electrons. The summed E-state index contributed by atoms with van der Waals surface area (Å²) < 4.78 is 1.61. The van der Waals surface area contributed by atoms with E-state index in [9.17, 15) is 14.7 Å². The van der Waals surface area contributed by atoms with Crippen LogP contribution in [0.4, 0.5) is 0 Å². The van der Waals surface area contributed by atoms with Gasteiger partial charge in [0, 0.05) is 12.2 Å². The fourth-order valence-corrected chi connectivity index (χ4v) is 2.42. The van der Waals surface area contributed by atoms with Crippen LogP contribution in [0, 0.1) is 0 Å². The van der Waals surface area contributed by atoms with Gasteiger partial charge in [-0.1, -0.05) is 18.2 Å². The van der Waals surface area contributed by atoms with Crippen LogP contribution < -0.4 is 0 Å². The summed E-state index contributed by atoms with van der Waals surface area (Å²) in [6.07, 6.45) is 3.41. The maximum atomic E-state index is 12.6. The molecule has 1 atom stereocenters. The van der Waals surface area contributed by atoms with Gasteiger partial charge >= 0.3 is 5.97 Å². The summed E-state index contributed by atoms with van der Waals surface area (Å²) in [5.74, 6) is -1.32. The summed E-state index contributed by atoms with van der Waals surface area (Å²) in [7, 11) is 0. The molecule has 0 spiro atoms. The number of carboxylic acids is 1. The van der Waals surface area contributed by atoms with Crippen molar-refractivity contribution in [3.63, 3.8) is 0 Å². The molecule has 1 aliphatic carbocycles. The van der Waals surface area contributed by atoms with Gasteiger partial charge in [-0.25, -0.2) is 9.48 Å². The number of carbonyl (C=O) groups excluding carboxylic acids is 1. The maximum absolute atomic E-state index is 12.6. The van der Waals surface area contributed by atoms with E-state index >= 15 is 0 Å². The SMILES string of the molecule is CC(C(=O)O)N(C(=O)c1ccn(-c2ccccc2)n1)C1CC1. The zero-order valence-electron chi connectivity index (χ0n) is 12.2. The first-order valence-corrected chi connectivity index (χ1v) is 7.24. The van der Waals surface area contributed by atoms with Crippen LogP contribution in [0.25, 0.3) is 5.69 Å². The fraction of sp³-hybridized carbons (Fsp3) is 0.312. The van der Waals surface area contributed by atoms with Crippen molar-refractivity contribution < 1.29 is 14.7 Å². The van der Waals surface area contributed by atoms with E-state index in [-0.39, 0.29) is 17.6 Å². The average molecular weight is 299 g/mol. The number of hydrogen-bond acceptors (Lipinski definition) is 3. The van der Waals surface area contributed by atoms with Crippen LogP contribution in [0.1, 0.15) is 30.3 Å². The number of benzene rings is 1. The lowest BCUT2D eigenvalue weighted by molar-refractivity contribution is -0.141. The van der Waals surface area contributed by atoms with E-state index in [2.05, 4.69) is 5.10 Å². The average Bonchev–Trinajstić information content (AvgIpc) is 3.23. The van der Waals surface area contributed by atoms with E-state index in [1.807, 2.05) is 30.3 Å². The number of carboxylic acid groups (broad SMARTS) is 1. The minimum absolute atomic E-state index is 0.0143. The molecule has 22 heavy (non-hydrogen) atoms. The number of aromatic nitrogens is 2. The number of nitrogens with zero attached hydrogens (tertiary/aromatic N) is 3. The van der Waals surface area contributed by atoms with Crippen molar-refractivity contribution in [3.8, 4) is 5.69 Å². The molecule has 6 nitrogen and oxygen atoms in total. The Labute approximate surface area is 128 Å². The second-order valence-electron chi connectivity index (χ2n) is 5.44. The second-order valence-corrected chi connectivity index (χ2v) is 5.44. The van der Waals surface area contributed by atoms with E-state index in [4.69, 9.17) is 0 Å². The molecule has 1 amide bonds. The van der Waals surface area contributed by atoms with Gasteiger partial charge in [-0.15, -0.1) is 0 Å². The van der Waals surface area contributed by atoms with Gasteiger partial charge in [0.2, 0.25) is 0 Å². The minimum Gasteiger partial charge on any atom is -0.480 e. The molecular formula is C16H17N3O3. The lowest BCUT2D eigenvalue weighted by atomic mass is 10.2. The highest BCUT2D eigenvalue weighted by Crippen LogP contribution is 2.30. The highest BCUT2D eigenvalue weighted by Gasteiger charge is 2.39. The highest BCUT2D eigenvalue weighted by atomic mass is 16.4. The Morgan fingerprint density at radius 1 is 1.27 bits per heavy atom. The van der Waals surface area contributed by atoms with Crippen LogP contribution in [-0.2, 0) is 4.79 Å². The Balaban J connectivity index is 1.85. The maximum Gasteiger partial charge on any atom is 0.326 e. The molecular weight excluding hydrogens is 282 g/mol. The summed E-state index contributed by atoms with van der Waals surface area (Å²) in [4.78, 5) is 25.3. The lowest BCUT2D eigenvalue weighted by Gasteiger charge is -2.25. The molecule has 3 rings (SSSR count). The van der Waals surface area contributed by atoms with E-state index in [0.717, 1.165) is 18.5 Å². The lowest BCUT2D eigenvalue weighted by Crippen LogP contribution is -2.44. The third-order valence-electron chi connectivity index (χ3n) is 3.78. The normalized spacial score (nSPS) is 15.3. The predicted octanol–water partition coefficient (Wildman–Crippen LogP) is 1.95. The Morgan fingerprint density at radius 2 is 1.95 bits per heavy atom. The summed E-state index contributed by atoms with van der Waals surface area (Å²) in [5, 5.41) is 13.5. The van der Waals surface area contributed by atoms with Gasteiger partial charge < -0.3 is 10.0 Å². The highest BCUT2D eigenvalue weighted by molar-refractivity contribution is 5.95. The topological polar surface area (TPSA) is 75.4 Å². The summed E-state index contributed by atoms with van der Waals surface area (Å²) in [6.45, 7) is 1.53. The number of amides is 1. The van der Waals surface area contributed by atoms with Crippen molar-refractivity contribution >= 4 is 11.9 Å². The third-order valence-corrected chi connectivity index (χ3v) is 3.78. The number of hydrogen-bond donors (Lipinski definition) is 1. The minimum atomic E-state index is -0.997. The molecule has 0 radical (unpaired) electrons. The van der Waals surface area contributed by atoms with Crippen molar-refractivity contribution in [2.75, 3.05) is 0 Å². The number of carbonyl (C=O) groups is 2. The van der Waals surface area contributed by atoms with E-state index in [1.54, 1.807) is 16.9 Å². The van der Waals surface area contributed by atoms with Gasteiger partial charge in [0.1, 0.15) is 6.04 Å². The van der Waals surface area contributed by atoms with Gasteiger partial charge in [-0.3, -0.25) is 4.79 Å². The molecule has 1 aromatic carbocycles. The number of para-hydroxylation sites is 1. The molecule has 1 heterocycles. The number of aliphatic carboxylic acids is 1. The summed E-state index contributed by atoms with van der Waals surface area (Å²) in [6, 6.07) is 10.3. The van der Waals surface area contributed by atoms with Crippen LogP contribution >= 0.6 is 0 Å². The smallest absolute Gasteiger partial charge is 0.326 e. The van der Waals surface area contributed by atoms with E-state index in [0.29, 0.717) is 0 Å². The first kappa shape index (κ1) is 14.3. The Hall–Kier alpha value is -2.63. The molecule has 0 saturated heterocycles. The van der Waals surface area contributed by atoms with Crippen LogP contribution in [0.5, 0.6) is 0 Å². The van der Waals surface area contributed by atoms with Crippen molar-refractivity contribution in [1.82, 2.24) is 14.7 Å². The van der Waals surface area contributed by atoms with Gasteiger partial charge in [0.15, 0.2) is 5.69 Å². The second kappa shape index (κ2) is 5.63. The monoisotopic (exact) mass is 299 g/mol. The van der Waals surface area contributed by atoms with Crippen molar-refractivity contribution in [3.05, 3.63) is 48.3 Å². The van der Waals surface area contributed by atoms with Gasteiger partial charge in [0.25, 0.3) is 5.91 Å². The summed E-state index contributed by atoms with van der Waals surface area (Å²) >= 11 is 0. The Morgan fingerprint density at radius 3 is 2.55 bits per heavy atom. The fourth-order valence-electron chi connectivity index (χ4n) is 2.42. The van der Waals surface area contributed by atoms with E-state index < -0.39 is 12.0 Å². The molecule has 1 fully saturated rings. The quantitative estimate of drug-likeness (QED) is 0.915. The summed E-state index contributed by atoms with van der Waals surface area (Å²) in [5.41, 5.74) is 1.12. The zero-order chi connectivity index (χ0) is 15.7. The third kappa shape index (κ3) is 2.72. The molecule has 6 heteroatoms. The molecule has 1 N–H and O–H groups in total. The van der Waals surface area contributed by atoms with Crippen molar-refractivity contribution in [2.24, 2.45) is 0 Å². The molecule has 1 saturated carbocycles. The largest absolute Gasteiger partial charge is 0.480 e. The number of rotatable bonds is 5. The first-order valence-electron chi connectivity index (χ1n) is 7.24. The van der Waals surface area contributed by atoms with Gasteiger partial charge in [-0.2, -0.15) is 5.10 Å². The van der Waals surface area contributed by atoms with E-state index in [1.165, 1.54) is 11.8 Å². The standard InChI is InChI=1S/C16H17N3O3/c1-11(16(21)22)19(13-7-8-13)15(20)14-9-10-18(17-14)12-5-3-2-4-6-12/h2-6,9-11,13H,7-8H2,1H3,(H,21,22). The van der Waals surface area contributed by atoms with Crippen LogP contribution in [0.3, 0.4) is 0 Å². The van der Waals surface area contributed by atoms with Crippen molar-refractivity contribution in [2.45, 2.75) is 31.8 Å². The Bertz CT molecular complexity index is 692. The first-order chi connectivity index (χ1) is 10.6. The molecule has 2 aromatic rings. The molecule has 1 unspecified atom stereocenters.